The van der Waals surface area contributed by atoms with E-state index in [2.05, 4.69) is 19.8 Å². The highest BCUT2D eigenvalue weighted by Crippen LogP contribution is 2.14. The van der Waals surface area contributed by atoms with Crippen LogP contribution in [0.1, 0.15) is 30.7 Å². The number of aromatic nitrogens is 2. The lowest BCUT2D eigenvalue weighted by Gasteiger charge is -2.26. The zero-order valence-corrected chi connectivity index (χ0v) is 13.2. The van der Waals surface area contributed by atoms with Gasteiger partial charge in [-0.05, 0) is 39.3 Å². The van der Waals surface area contributed by atoms with Crippen molar-refractivity contribution < 1.29 is 14.2 Å². The summed E-state index contributed by atoms with van der Waals surface area (Å²) in [4.78, 5) is 16.8. The molecule has 0 spiro atoms. The fourth-order valence-corrected chi connectivity index (χ4v) is 3.15. The highest BCUT2D eigenvalue weighted by Gasteiger charge is 2.26. The average molecular weight is 308 g/mol. The molecule has 22 heavy (non-hydrogen) atoms. The number of likely N-dealkylation sites (tertiary alicyclic amines) is 1. The van der Waals surface area contributed by atoms with Crippen LogP contribution in [-0.2, 0) is 16.0 Å². The molecule has 1 amide bonds. The van der Waals surface area contributed by atoms with Crippen LogP contribution in [0.5, 0.6) is 0 Å². The number of rotatable bonds is 4. The molecule has 122 valence electrons. The fraction of sp³-hybridized carbons (Fsp3) is 0.800. The Balaban J connectivity index is 1.56. The molecule has 7 nitrogen and oxygen atoms in total. The Morgan fingerprint density at radius 3 is 2.77 bits per heavy atom. The maximum atomic E-state index is 12.5. The van der Waals surface area contributed by atoms with Gasteiger partial charge in [0.05, 0.1) is 12.5 Å². The average Bonchev–Trinajstić information content (AvgIpc) is 3.08. The van der Waals surface area contributed by atoms with Gasteiger partial charge in [0.25, 0.3) is 0 Å². The largest absolute Gasteiger partial charge is 0.375 e. The van der Waals surface area contributed by atoms with Gasteiger partial charge >= 0.3 is 0 Å². The Bertz CT molecular complexity index is 499. The summed E-state index contributed by atoms with van der Waals surface area (Å²) in [5, 5.41) is 7.53. The molecule has 3 heterocycles. The molecule has 0 aromatic carbocycles. The predicted octanol–water partition coefficient (Wildman–Crippen LogP) is 0.634. The van der Waals surface area contributed by atoms with Gasteiger partial charge in [-0.15, -0.1) is 0 Å². The third-order valence-electron chi connectivity index (χ3n) is 4.43. The standard InChI is InChI=1S/C15H24N4O3/c1-12-14(17-22-16-12)9-15(20)19-7-4-8-21-13(11-19)10-18-5-2-3-6-18/h13H,2-11H2,1H3/t13-/m1/s1. The van der Waals surface area contributed by atoms with Crippen LogP contribution in [0.4, 0.5) is 0 Å². The van der Waals surface area contributed by atoms with Gasteiger partial charge in [-0.2, -0.15) is 0 Å². The van der Waals surface area contributed by atoms with Crippen molar-refractivity contribution in [2.75, 3.05) is 39.3 Å². The second kappa shape index (κ2) is 7.19. The minimum atomic E-state index is 0.0794. The van der Waals surface area contributed by atoms with Crippen molar-refractivity contribution in [1.29, 1.82) is 0 Å². The normalized spacial score (nSPS) is 23.7. The fourth-order valence-electron chi connectivity index (χ4n) is 3.15. The molecule has 2 aliphatic heterocycles. The molecule has 0 unspecified atom stereocenters. The number of hydrogen-bond donors (Lipinski definition) is 0. The van der Waals surface area contributed by atoms with Crippen molar-refractivity contribution in [3.8, 4) is 0 Å². The molecule has 7 heteroatoms. The van der Waals surface area contributed by atoms with Gasteiger partial charge in [0.15, 0.2) is 0 Å². The Hall–Kier alpha value is -1.47. The maximum absolute atomic E-state index is 12.5. The van der Waals surface area contributed by atoms with E-state index >= 15 is 0 Å². The number of hydrogen-bond acceptors (Lipinski definition) is 6. The summed E-state index contributed by atoms with van der Waals surface area (Å²) in [6.45, 7) is 7.18. The molecular weight excluding hydrogens is 284 g/mol. The van der Waals surface area contributed by atoms with Crippen molar-refractivity contribution in [1.82, 2.24) is 20.1 Å². The SMILES string of the molecule is Cc1nonc1CC(=O)N1CCCO[C@H](CN2CCCC2)C1. The van der Waals surface area contributed by atoms with E-state index in [9.17, 15) is 4.79 Å². The predicted molar refractivity (Wildman–Crippen MR) is 79.4 cm³/mol. The summed E-state index contributed by atoms with van der Waals surface area (Å²) in [7, 11) is 0. The molecule has 0 aliphatic carbocycles. The monoisotopic (exact) mass is 308 g/mol. The second-order valence-electron chi connectivity index (χ2n) is 6.17. The Morgan fingerprint density at radius 2 is 2.05 bits per heavy atom. The second-order valence-corrected chi connectivity index (χ2v) is 6.17. The molecule has 2 aliphatic rings. The third-order valence-corrected chi connectivity index (χ3v) is 4.43. The number of amides is 1. The smallest absolute Gasteiger partial charge is 0.228 e. The lowest BCUT2D eigenvalue weighted by molar-refractivity contribution is -0.131. The molecular formula is C15H24N4O3. The molecule has 2 saturated heterocycles. The Morgan fingerprint density at radius 1 is 1.23 bits per heavy atom. The van der Waals surface area contributed by atoms with Gasteiger partial charge in [-0.1, -0.05) is 10.3 Å². The van der Waals surface area contributed by atoms with Gasteiger partial charge in [-0.25, -0.2) is 4.63 Å². The lowest BCUT2D eigenvalue weighted by atomic mass is 10.2. The summed E-state index contributed by atoms with van der Waals surface area (Å²) >= 11 is 0. The lowest BCUT2D eigenvalue weighted by Crippen LogP contribution is -2.42. The van der Waals surface area contributed by atoms with Crippen LogP contribution in [0.25, 0.3) is 0 Å². The van der Waals surface area contributed by atoms with Crippen LogP contribution in [0.3, 0.4) is 0 Å². The van der Waals surface area contributed by atoms with Crippen LogP contribution in [0.15, 0.2) is 4.63 Å². The van der Waals surface area contributed by atoms with Crippen LogP contribution >= 0.6 is 0 Å². The van der Waals surface area contributed by atoms with Crippen LogP contribution in [0, 0.1) is 6.92 Å². The number of carbonyl (C=O) groups excluding carboxylic acids is 1. The highest BCUT2D eigenvalue weighted by atomic mass is 16.6. The summed E-state index contributed by atoms with van der Waals surface area (Å²) in [5.74, 6) is 0.0794. The molecule has 0 N–H and O–H groups in total. The van der Waals surface area contributed by atoms with E-state index in [1.54, 1.807) is 6.92 Å². The van der Waals surface area contributed by atoms with Gasteiger partial charge in [0.1, 0.15) is 11.4 Å². The highest BCUT2D eigenvalue weighted by molar-refractivity contribution is 5.78. The van der Waals surface area contributed by atoms with E-state index in [4.69, 9.17) is 4.74 Å². The van der Waals surface area contributed by atoms with Crippen molar-refractivity contribution in [3.05, 3.63) is 11.4 Å². The van der Waals surface area contributed by atoms with E-state index in [1.807, 2.05) is 4.90 Å². The van der Waals surface area contributed by atoms with Gasteiger partial charge in [0.2, 0.25) is 5.91 Å². The summed E-state index contributed by atoms with van der Waals surface area (Å²) in [6, 6.07) is 0. The van der Waals surface area contributed by atoms with E-state index in [-0.39, 0.29) is 18.4 Å². The number of carbonyl (C=O) groups is 1. The first-order valence-electron chi connectivity index (χ1n) is 8.12. The van der Waals surface area contributed by atoms with E-state index < -0.39 is 0 Å². The van der Waals surface area contributed by atoms with Crippen molar-refractivity contribution in [2.45, 2.75) is 38.7 Å². The molecule has 1 aromatic rings. The Kier molecular flexibility index (Phi) is 5.04. The first kappa shape index (κ1) is 15.4. The van der Waals surface area contributed by atoms with Crippen LogP contribution in [0.2, 0.25) is 0 Å². The molecule has 1 atom stereocenters. The molecule has 0 bridgehead atoms. The molecule has 0 saturated carbocycles. The quantitative estimate of drug-likeness (QED) is 0.812. The van der Waals surface area contributed by atoms with Gasteiger partial charge in [0, 0.05) is 26.2 Å². The summed E-state index contributed by atoms with van der Waals surface area (Å²) in [6.07, 6.45) is 3.80. The first-order valence-corrected chi connectivity index (χ1v) is 8.12. The topological polar surface area (TPSA) is 71.7 Å². The molecule has 0 radical (unpaired) electrons. The summed E-state index contributed by atoms with van der Waals surface area (Å²) < 4.78 is 10.6. The minimum Gasteiger partial charge on any atom is -0.375 e. The molecule has 1 aromatic heterocycles. The van der Waals surface area contributed by atoms with Crippen molar-refractivity contribution in [2.24, 2.45) is 0 Å². The van der Waals surface area contributed by atoms with Crippen LogP contribution < -0.4 is 0 Å². The van der Waals surface area contributed by atoms with Crippen molar-refractivity contribution in [3.63, 3.8) is 0 Å². The van der Waals surface area contributed by atoms with E-state index in [0.717, 1.165) is 39.2 Å². The van der Waals surface area contributed by atoms with Gasteiger partial charge in [-0.3, -0.25) is 4.79 Å². The first-order chi connectivity index (χ1) is 10.7. The minimum absolute atomic E-state index is 0.0794. The zero-order chi connectivity index (χ0) is 15.4. The number of ether oxygens (including phenoxy) is 1. The number of aryl methyl sites for hydroxylation is 1. The molecule has 2 fully saturated rings. The van der Waals surface area contributed by atoms with Gasteiger partial charge < -0.3 is 14.5 Å². The van der Waals surface area contributed by atoms with Crippen molar-refractivity contribution >= 4 is 5.91 Å². The van der Waals surface area contributed by atoms with Crippen LogP contribution in [-0.4, -0.2) is 71.5 Å². The maximum Gasteiger partial charge on any atom is 0.228 e. The third kappa shape index (κ3) is 3.84. The van der Waals surface area contributed by atoms with E-state index in [1.165, 1.54) is 12.8 Å². The van der Waals surface area contributed by atoms with E-state index in [0.29, 0.717) is 17.9 Å². The summed E-state index contributed by atoms with van der Waals surface area (Å²) in [5.41, 5.74) is 1.32. The zero-order valence-electron chi connectivity index (χ0n) is 13.2. The molecule has 3 rings (SSSR count). The Labute approximate surface area is 130 Å². The number of nitrogens with zero attached hydrogens (tertiary/aromatic N) is 4.